The van der Waals surface area contributed by atoms with Crippen molar-refractivity contribution in [2.75, 3.05) is 6.61 Å². The van der Waals surface area contributed by atoms with Gasteiger partial charge in [0.25, 0.3) is 0 Å². The van der Waals surface area contributed by atoms with Crippen molar-refractivity contribution < 1.29 is 9.84 Å². The molecule has 1 N–H and O–H groups in total. The van der Waals surface area contributed by atoms with Gasteiger partial charge in [0.1, 0.15) is 0 Å². The fourth-order valence-corrected chi connectivity index (χ4v) is 3.38. The second-order valence-electron chi connectivity index (χ2n) is 5.99. The number of rotatable bonds is 5. The summed E-state index contributed by atoms with van der Waals surface area (Å²) in [5.74, 6) is 0.732. The predicted octanol–water partition coefficient (Wildman–Crippen LogP) is 4.23. The first-order valence-electron chi connectivity index (χ1n) is 7.63. The Morgan fingerprint density at radius 2 is 2.00 bits per heavy atom. The summed E-state index contributed by atoms with van der Waals surface area (Å²) >= 11 is 6.20. The summed E-state index contributed by atoms with van der Waals surface area (Å²) in [6.07, 6.45) is 4.20. The minimum atomic E-state index is -0.491. The second-order valence-corrected chi connectivity index (χ2v) is 6.40. The molecule has 0 aromatic heterocycles. The van der Waals surface area contributed by atoms with E-state index in [1.165, 1.54) is 0 Å². The fraction of sp³-hybridized carbons (Fsp3) is 0.647. The lowest BCUT2D eigenvalue weighted by Gasteiger charge is -2.42. The molecule has 1 aliphatic carbocycles. The Hall–Kier alpha value is -0.570. The highest BCUT2D eigenvalue weighted by Gasteiger charge is 2.41. The van der Waals surface area contributed by atoms with Gasteiger partial charge in [0, 0.05) is 18.1 Å². The average Bonchev–Trinajstić information content (AvgIpc) is 2.44. The van der Waals surface area contributed by atoms with Crippen LogP contribution in [0.1, 0.15) is 45.1 Å². The van der Waals surface area contributed by atoms with Gasteiger partial charge in [-0.05, 0) is 50.2 Å². The van der Waals surface area contributed by atoms with Gasteiger partial charge >= 0.3 is 0 Å². The summed E-state index contributed by atoms with van der Waals surface area (Å²) in [5.41, 5.74) is 0.611. The standard InChI is InChI=1S/C17H25ClO2/c1-3-20-17(10-8-13(2)9-11-17)16(19)12-14-6-4-5-7-15(14)18/h4-7,13,16,19H,3,8-12H2,1-2H3. The van der Waals surface area contributed by atoms with Crippen LogP contribution >= 0.6 is 11.6 Å². The van der Waals surface area contributed by atoms with Gasteiger partial charge < -0.3 is 9.84 Å². The molecule has 1 saturated carbocycles. The minimum Gasteiger partial charge on any atom is -0.390 e. The van der Waals surface area contributed by atoms with Crippen molar-refractivity contribution in [3.8, 4) is 0 Å². The Kier molecular flexibility index (Phi) is 5.48. The van der Waals surface area contributed by atoms with Gasteiger partial charge in [0.05, 0.1) is 11.7 Å². The van der Waals surface area contributed by atoms with Gasteiger partial charge in [-0.2, -0.15) is 0 Å². The highest BCUT2D eigenvalue weighted by atomic mass is 35.5. The third-order valence-corrected chi connectivity index (χ3v) is 4.90. The van der Waals surface area contributed by atoms with Crippen LogP contribution in [0.15, 0.2) is 24.3 Å². The largest absolute Gasteiger partial charge is 0.390 e. The van der Waals surface area contributed by atoms with Crippen LogP contribution in [0, 0.1) is 5.92 Å². The molecule has 1 aromatic carbocycles. The molecule has 0 bridgehead atoms. The maximum atomic E-state index is 10.7. The third kappa shape index (κ3) is 3.55. The van der Waals surface area contributed by atoms with E-state index in [1.54, 1.807) is 0 Å². The van der Waals surface area contributed by atoms with E-state index >= 15 is 0 Å². The zero-order valence-electron chi connectivity index (χ0n) is 12.4. The topological polar surface area (TPSA) is 29.5 Å². The van der Waals surface area contributed by atoms with Crippen molar-refractivity contribution in [3.63, 3.8) is 0 Å². The van der Waals surface area contributed by atoms with Gasteiger partial charge in [-0.25, -0.2) is 0 Å². The molecule has 0 aliphatic heterocycles. The van der Waals surface area contributed by atoms with Crippen LogP contribution in [0.25, 0.3) is 0 Å². The Balaban J connectivity index is 2.11. The van der Waals surface area contributed by atoms with E-state index < -0.39 is 6.10 Å². The van der Waals surface area contributed by atoms with Crippen LogP contribution in [0.2, 0.25) is 5.02 Å². The first-order valence-corrected chi connectivity index (χ1v) is 8.00. The average molecular weight is 297 g/mol. The van der Waals surface area contributed by atoms with E-state index in [-0.39, 0.29) is 5.60 Å². The Bertz CT molecular complexity index is 425. The normalized spacial score (nSPS) is 28.3. The molecule has 0 radical (unpaired) electrons. The van der Waals surface area contributed by atoms with Crippen LogP contribution in [0.4, 0.5) is 0 Å². The first-order chi connectivity index (χ1) is 9.57. The maximum Gasteiger partial charge on any atom is 0.0943 e. The van der Waals surface area contributed by atoms with Crippen LogP contribution in [-0.4, -0.2) is 23.4 Å². The number of aliphatic hydroxyl groups is 1. The Morgan fingerprint density at radius 1 is 1.35 bits per heavy atom. The summed E-state index contributed by atoms with van der Waals surface area (Å²) in [5, 5.41) is 11.5. The van der Waals surface area contributed by atoms with Crippen molar-refractivity contribution in [1.29, 1.82) is 0 Å². The molecular formula is C17H25ClO2. The van der Waals surface area contributed by atoms with Crippen molar-refractivity contribution >= 4 is 11.6 Å². The molecule has 1 fully saturated rings. The van der Waals surface area contributed by atoms with E-state index in [1.807, 2.05) is 31.2 Å². The SMILES string of the molecule is CCOC1(C(O)Cc2ccccc2Cl)CCC(C)CC1. The van der Waals surface area contributed by atoms with E-state index in [9.17, 15) is 5.11 Å². The number of halogens is 1. The van der Waals surface area contributed by atoms with Gasteiger partial charge in [0.15, 0.2) is 0 Å². The van der Waals surface area contributed by atoms with Crippen LogP contribution in [0.5, 0.6) is 0 Å². The number of ether oxygens (including phenoxy) is 1. The number of hydrogen-bond acceptors (Lipinski definition) is 2. The highest BCUT2D eigenvalue weighted by Crippen LogP contribution is 2.38. The molecule has 0 spiro atoms. The van der Waals surface area contributed by atoms with E-state index in [0.29, 0.717) is 13.0 Å². The first kappa shape index (κ1) is 15.8. The lowest BCUT2D eigenvalue weighted by atomic mass is 9.75. The van der Waals surface area contributed by atoms with Gasteiger partial charge in [0.2, 0.25) is 0 Å². The summed E-state index contributed by atoms with van der Waals surface area (Å²) in [6.45, 7) is 4.92. The summed E-state index contributed by atoms with van der Waals surface area (Å²) in [7, 11) is 0. The summed E-state index contributed by atoms with van der Waals surface area (Å²) in [6, 6.07) is 7.74. The number of benzene rings is 1. The summed E-state index contributed by atoms with van der Waals surface area (Å²) < 4.78 is 6.00. The summed E-state index contributed by atoms with van der Waals surface area (Å²) in [4.78, 5) is 0. The second kappa shape index (κ2) is 6.93. The Morgan fingerprint density at radius 3 is 2.60 bits per heavy atom. The zero-order valence-corrected chi connectivity index (χ0v) is 13.2. The van der Waals surface area contributed by atoms with Crippen molar-refractivity contribution in [1.82, 2.24) is 0 Å². The van der Waals surface area contributed by atoms with Crippen LogP contribution in [0.3, 0.4) is 0 Å². The van der Waals surface area contributed by atoms with Crippen LogP contribution in [-0.2, 0) is 11.2 Å². The molecule has 112 valence electrons. The van der Waals surface area contributed by atoms with Crippen molar-refractivity contribution in [3.05, 3.63) is 34.9 Å². The molecule has 3 heteroatoms. The molecule has 1 aromatic rings. The smallest absolute Gasteiger partial charge is 0.0943 e. The molecule has 1 aliphatic rings. The quantitative estimate of drug-likeness (QED) is 0.881. The number of hydrogen-bond donors (Lipinski definition) is 1. The molecule has 1 atom stereocenters. The van der Waals surface area contributed by atoms with E-state index in [2.05, 4.69) is 6.92 Å². The van der Waals surface area contributed by atoms with Crippen molar-refractivity contribution in [2.24, 2.45) is 5.92 Å². The van der Waals surface area contributed by atoms with E-state index in [4.69, 9.17) is 16.3 Å². The Labute approximate surface area is 127 Å². The highest BCUT2D eigenvalue weighted by molar-refractivity contribution is 6.31. The molecule has 2 nitrogen and oxygen atoms in total. The molecular weight excluding hydrogens is 272 g/mol. The predicted molar refractivity (Wildman–Crippen MR) is 83.2 cm³/mol. The van der Waals surface area contributed by atoms with E-state index in [0.717, 1.165) is 42.2 Å². The zero-order chi connectivity index (χ0) is 14.6. The number of aliphatic hydroxyl groups excluding tert-OH is 1. The third-order valence-electron chi connectivity index (χ3n) is 4.53. The molecule has 0 saturated heterocycles. The minimum absolute atomic E-state index is 0.388. The lowest BCUT2D eigenvalue weighted by molar-refractivity contribution is -0.143. The molecule has 20 heavy (non-hydrogen) atoms. The van der Waals surface area contributed by atoms with Gasteiger partial charge in [-0.15, -0.1) is 0 Å². The van der Waals surface area contributed by atoms with Gasteiger partial charge in [-0.3, -0.25) is 0 Å². The van der Waals surface area contributed by atoms with Crippen LogP contribution < -0.4 is 0 Å². The maximum absolute atomic E-state index is 10.7. The molecule has 0 heterocycles. The fourth-order valence-electron chi connectivity index (χ4n) is 3.17. The molecule has 0 amide bonds. The monoisotopic (exact) mass is 296 g/mol. The lowest BCUT2D eigenvalue weighted by Crippen LogP contribution is -2.48. The van der Waals surface area contributed by atoms with Gasteiger partial charge in [-0.1, -0.05) is 36.7 Å². The molecule has 2 rings (SSSR count). The van der Waals surface area contributed by atoms with Crippen molar-refractivity contribution in [2.45, 2.75) is 57.7 Å². The molecule has 1 unspecified atom stereocenters.